The van der Waals surface area contributed by atoms with E-state index in [0.29, 0.717) is 6.04 Å². The molecule has 0 bridgehead atoms. The van der Waals surface area contributed by atoms with Crippen molar-refractivity contribution in [3.63, 3.8) is 0 Å². The molecular weight excluding hydrogens is 266 g/mol. The zero-order chi connectivity index (χ0) is 15.5. The van der Waals surface area contributed by atoms with E-state index in [1.807, 2.05) is 7.05 Å². The van der Waals surface area contributed by atoms with Crippen molar-refractivity contribution >= 4 is 5.91 Å². The minimum absolute atomic E-state index is 0.197. The van der Waals surface area contributed by atoms with Crippen molar-refractivity contribution in [1.29, 1.82) is 0 Å². The second-order valence-corrected chi connectivity index (χ2v) is 6.77. The van der Waals surface area contributed by atoms with Gasteiger partial charge in [-0.3, -0.25) is 14.6 Å². The lowest BCUT2D eigenvalue weighted by Crippen LogP contribution is -2.55. The number of likely N-dealkylation sites (N-methyl/N-ethyl adjacent to an activating group) is 2. The molecule has 0 aromatic rings. The molecule has 1 saturated carbocycles. The number of carbonyl (C=O) groups is 1. The Morgan fingerprint density at radius 1 is 1.33 bits per heavy atom. The Bertz CT molecular complexity index is 354. The first-order valence-electron chi connectivity index (χ1n) is 8.07. The second kappa shape index (κ2) is 7.05. The molecule has 0 radical (unpaired) electrons. The third-order valence-electron chi connectivity index (χ3n) is 5.23. The number of nitrogens with zero attached hydrogens (tertiary/aromatic N) is 3. The minimum Gasteiger partial charge on any atom is -0.368 e. The predicted octanol–water partition coefficient (Wildman–Crippen LogP) is -0.838. The summed E-state index contributed by atoms with van der Waals surface area (Å²) in [5, 5.41) is 3.17. The molecule has 0 spiro atoms. The van der Waals surface area contributed by atoms with Gasteiger partial charge in [0, 0.05) is 45.3 Å². The van der Waals surface area contributed by atoms with Gasteiger partial charge in [0.2, 0.25) is 5.91 Å². The summed E-state index contributed by atoms with van der Waals surface area (Å²) in [6, 6.07) is 0.501. The molecule has 1 aliphatic carbocycles. The summed E-state index contributed by atoms with van der Waals surface area (Å²) in [7, 11) is 6.10. The molecule has 2 aliphatic rings. The molecule has 3 N–H and O–H groups in total. The van der Waals surface area contributed by atoms with Crippen LogP contribution in [0.2, 0.25) is 0 Å². The average Bonchev–Trinajstić information content (AvgIpc) is 2.91. The lowest BCUT2D eigenvalue weighted by atomic mass is 9.96. The largest absolute Gasteiger partial charge is 0.368 e. The highest BCUT2D eigenvalue weighted by Crippen LogP contribution is 2.33. The lowest BCUT2D eigenvalue weighted by molar-refractivity contribution is -0.124. The van der Waals surface area contributed by atoms with E-state index in [2.05, 4.69) is 34.1 Å². The van der Waals surface area contributed by atoms with E-state index in [9.17, 15) is 4.79 Å². The van der Waals surface area contributed by atoms with Gasteiger partial charge in [0.1, 0.15) is 0 Å². The molecule has 21 heavy (non-hydrogen) atoms. The fourth-order valence-corrected chi connectivity index (χ4v) is 3.60. The molecule has 1 aliphatic heterocycles. The van der Waals surface area contributed by atoms with Crippen LogP contribution >= 0.6 is 0 Å². The normalized spacial score (nSPS) is 31.9. The summed E-state index contributed by atoms with van der Waals surface area (Å²) in [5.41, 5.74) is 5.11. The van der Waals surface area contributed by atoms with Gasteiger partial charge in [0.05, 0.1) is 5.54 Å². The summed E-state index contributed by atoms with van der Waals surface area (Å²) in [4.78, 5) is 19.0. The second-order valence-electron chi connectivity index (χ2n) is 6.77. The van der Waals surface area contributed by atoms with Crippen molar-refractivity contribution in [2.75, 3.05) is 60.4 Å². The first-order valence-corrected chi connectivity index (χ1v) is 8.07. The van der Waals surface area contributed by atoms with Crippen LogP contribution in [0.5, 0.6) is 0 Å². The van der Waals surface area contributed by atoms with E-state index in [1.54, 1.807) is 0 Å². The molecule has 6 heteroatoms. The summed E-state index contributed by atoms with van der Waals surface area (Å²) in [6.07, 6.45) is 2.79. The Hall–Kier alpha value is -0.690. The number of hydrogen-bond donors (Lipinski definition) is 2. The van der Waals surface area contributed by atoms with E-state index in [4.69, 9.17) is 5.73 Å². The first kappa shape index (κ1) is 16.7. The van der Waals surface area contributed by atoms with E-state index in [0.717, 1.165) is 58.5 Å². The Morgan fingerprint density at radius 3 is 2.48 bits per heavy atom. The number of nitrogens with two attached hydrogens (primary N) is 1. The van der Waals surface area contributed by atoms with Crippen LogP contribution in [0, 0.1) is 0 Å². The summed E-state index contributed by atoms with van der Waals surface area (Å²) >= 11 is 0. The van der Waals surface area contributed by atoms with Gasteiger partial charge in [0.25, 0.3) is 0 Å². The van der Waals surface area contributed by atoms with Crippen molar-refractivity contribution in [3.05, 3.63) is 0 Å². The first-order chi connectivity index (χ1) is 9.97. The SMILES string of the molecule is CNC1(C(N)=O)CCC(N2CCN(CCN(C)C)CC2)C1. The molecule has 122 valence electrons. The molecule has 0 aromatic carbocycles. The molecular formula is C15H31N5O. The van der Waals surface area contributed by atoms with E-state index in [1.165, 1.54) is 0 Å². The molecule has 2 fully saturated rings. The highest BCUT2D eigenvalue weighted by molar-refractivity contribution is 5.85. The van der Waals surface area contributed by atoms with Crippen LogP contribution in [0.1, 0.15) is 19.3 Å². The van der Waals surface area contributed by atoms with Crippen LogP contribution in [-0.4, -0.2) is 92.6 Å². The van der Waals surface area contributed by atoms with Crippen molar-refractivity contribution in [2.45, 2.75) is 30.8 Å². The average molecular weight is 297 g/mol. The molecule has 0 aromatic heterocycles. The molecule has 1 heterocycles. The molecule has 2 unspecified atom stereocenters. The number of primary amides is 1. The Morgan fingerprint density at radius 2 is 2.00 bits per heavy atom. The maximum absolute atomic E-state index is 11.7. The zero-order valence-corrected chi connectivity index (χ0v) is 13.8. The van der Waals surface area contributed by atoms with Gasteiger partial charge in [-0.25, -0.2) is 0 Å². The van der Waals surface area contributed by atoms with E-state index < -0.39 is 5.54 Å². The van der Waals surface area contributed by atoms with Gasteiger partial charge >= 0.3 is 0 Å². The molecule has 2 rings (SSSR count). The topological polar surface area (TPSA) is 64.8 Å². The van der Waals surface area contributed by atoms with E-state index in [-0.39, 0.29) is 5.91 Å². The van der Waals surface area contributed by atoms with E-state index >= 15 is 0 Å². The van der Waals surface area contributed by atoms with Crippen molar-refractivity contribution in [2.24, 2.45) is 5.73 Å². The fourth-order valence-electron chi connectivity index (χ4n) is 3.60. The quantitative estimate of drug-likeness (QED) is 0.669. The van der Waals surface area contributed by atoms with Gasteiger partial charge in [0.15, 0.2) is 0 Å². The number of rotatable bonds is 6. The fraction of sp³-hybridized carbons (Fsp3) is 0.933. The van der Waals surface area contributed by atoms with Gasteiger partial charge < -0.3 is 16.0 Å². The standard InChI is InChI=1S/C15H31N5O/c1-17-15(14(16)21)5-4-13(12-15)20-10-8-19(9-11-20)7-6-18(2)3/h13,17H,4-12H2,1-3H3,(H2,16,21). The van der Waals surface area contributed by atoms with Gasteiger partial charge in [-0.2, -0.15) is 0 Å². The van der Waals surface area contributed by atoms with Crippen molar-refractivity contribution in [1.82, 2.24) is 20.0 Å². The van der Waals surface area contributed by atoms with Crippen LogP contribution in [-0.2, 0) is 4.79 Å². The van der Waals surface area contributed by atoms with Gasteiger partial charge in [-0.15, -0.1) is 0 Å². The van der Waals surface area contributed by atoms with Crippen LogP contribution in [0.25, 0.3) is 0 Å². The Balaban J connectivity index is 1.80. The number of carbonyl (C=O) groups excluding carboxylic acids is 1. The smallest absolute Gasteiger partial charge is 0.237 e. The lowest BCUT2D eigenvalue weighted by Gasteiger charge is -2.39. The van der Waals surface area contributed by atoms with Crippen LogP contribution in [0.15, 0.2) is 0 Å². The van der Waals surface area contributed by atoms with Gasteiger partial charge in [-0.1, -0.05) is 0 Å². The summed E-state index contributed by atoms with van der Waals surface area (Å²) in [5.74, 6) is -0.197. The molecule has 6 nitrogen and oxygen atoms in total. The Kier molecular flexibility index (Phi) is 5.60. The Labute approximate surface area is 128 Å². The molecule has 1 amide bonds. The number of piperazine rings is 1. The van der Waals surface area contributed by atoms with Crippen LogP contribution < -0.4 is 11.1 Å². The number of amides is 1. The molecule has 1 saturated heterocycles. The van der Waals surface area contributed by atoms with Crippen LogP contribution in [0.4, 0.5) is 0 Å². The predicted molar refractivity (Wildman–Crippen MR) is 85.2 cm³/mol. The maximum Gasteiger partial charge on any atom is 0.237 e. The third kappa shape index (κ3) is 3.94. The molecule has 2 atom stereocenters. The highest BCUT2D eigenvalue weighted by Gasteiger charge is 2.44. The summed E-state index contributed by atoms with van der Waals surface area (Å²) in [6.45, 7) is 6.75. The summed E-state index contributed by atoms with van der Waals surface area (Å²) < 4.78 is 0. The monoisotopic (exact) mass is 297 g/mol. The minimum atomic E-state index is -0.479. The maximum atomic E-state index is 11.7. The van der Waals surface area contributed by atoms with Crippen molar-refractivity contribution in [3.8, 4) is 0 Å². The van der Waals surface area contributed by atoms with Gasteiger partial charge in [-0.05, 0) is 40.4 Å². The van der Waals surface area contributed by atoms with Crippen molar-refractivity contribution < 1.29 is 4.79 Å². The third-order valence-corrected chi connectivity index (χ3v) is 5.23. The number of hydrogen-bond acceptors (Lipinski definition) is 5. The zero-order valence-electron chi connectivity index (χ0n) is 13.8. The highest BCUT2D eigenvalue weighted by atomic mass is 16.1. The van der Waals surface area contributed by atoms with Crippen LogP contribution in [0.3, 0.4) is 0 Å². The number of nitrogens with one attached hydrogen (secondary N) is 1.